The summed E-state index contributed by atoms with van der Waals surface area (Å²) < 4.78 is 1.64. The molecule has 0 saturated carbocycles. The Morgan fingerprint density at radius 3 is 2.29 bits per heavy atom. The number of benzene rings is 2. The van der Waals surface area contributed by atoms with Gasteiger partial charge in [-0.3, -0.25) is 4.79 Å². The Labute approximate surface area is 144 Å². The van der Waals surface area contributed by atoms with Gasteiger partial charge in [0, 0.05) is 14.1 Å². The molecule has 1 aromatic heterocycles. The van der Waals surface area contributed by atoms with Crippen molar-refractivity contribution in [1.82, 2.24) is 25.1 Å². The Bertz CT molecular complexity index is 804. The van der Waals surface area contributed by atoms with Crippen LogP contribution < -0.4 is 0 Å². The van der Waals surface area contributed by atoms with Crippen LogP contribution in [0.15, 0.2) is 65.8 Å². The van der Waals surface area contributed by atoms with E-state index in [9.17, 15) is 4.79 Å². The summed E-state index contributed by atoms with van der Waals surface area (Å²) in [6, 6.07) is 19.3. The second kappa shape index (κ2) is 7.27. The normalized spacial score (nSPS) is 11.9. The number of hydrogen-bond donors (Lipinski definition) is 0. The first-order chi connectivity index (χ1) is 11.7. The van der Waals surface area contributed by atoms with Crippen LogP contribution in [-0.4, -0.2) is 45.1 Å². The highest BCUT2D eigenvalue weighted by Crippen LogP contribution is 2.35. The molecule has 3 rings (SSSR count). The van der Waals surface area contributed by atoms with E-state index in [1.807, 2.05) is 60.7 Å². The van der Waals surface area contributed by atoms with E-state index in [0.29, 0.717) is 5.16 Å². The van der Waals surface area contributed by atoms with Gasteiger partial charge in [0.2, 0.25) is 11.1 Å². The summed E-state index contributed by atoms with van der Waals surface area (Å²) in [5.74, 6) is -0.00573. The minimum absolute atomic E-state index is 0.00573. The molecule has 1 unspecified atom stereocenters. The Morgan fingerprint density at radius 2 is 1.67 bits per heavy atom. The number of carbonyl (C=O) groups is 1. The third kappa shape index (κ3) is 3.46. The van der Waals surface area contributed by atoms with Crippen molar-refractivity contribution in [1.29, 1.82) is 0 Å². The van der Waals surface area contributed by atoms with Crippen LogP contribution in [0, 0.1) is 0 Å². The number of amides is 1. The average Bonchev–Trinajstić information content (AvgIpc) is 3.09. The van der Waals surface area contributed by atoms with Gasteiger partial charge in [0.15, 0.2) is 0 Å². The fourth-order valence-corrected chi connectivity index (χ4v) is 3.35. The molecule has 1 amide bonds. The molecular formula is C17H17N5OS. The van der Waals surface area contributed by atoms with Gasteiger partial charge in [-0.1, -0.05) is 60.3 Å². The fourth-order valence-electron chi connectivity index (χ4n) is 2.21. The third-order valence-electron chi connectivity index (χ3n) is 3.43. The molecule has 122 valence electrons. The molecule has 0 aliphatic heterocycles. The SMILES string of the molecule is CN(C)C(=O)C(Sc1nnnn1-c1ccccc1)c1ccccc1. The first-order valence-corrected chi connectivity index (χ1v) is 8.31. The number of likely N-dealkylation sites (N-methyl/N-ethyl adjacent to an activating group) is 1. The van der Waals surface area contributed by atoms with Crippen molar-refractivity contribution in [3.8, 4) is 5.69 Å². The highest BCUT2D eigenvalue weighted by molar-refractivity contribution is 8.00. The molecule has 2 aromatic carbocycles. The number of thioether (sulfide) groups is 1. The lowest BCUT2D eigenvalue weighted by molar-refractivity contribution is -0.128. The highest BCUT2D eigenvalue weighted by atomic mass is 32.2. The molecule has 0 radical (unpaired) electrons. The van der Waals surface area contributed by atoms with Crippen molar-refractivity contribution >= 4 is 17.7 Å². The molecule has 0 N–H and O–H groups in total. The lowest BCUT2D eigenvalue weighted by atomic mass is 10.1. The Kier molecular flexibility index (Phi) is 4.90. The Balaban J connectivity index is 1.95. The van der Waals surface area contributed by atoms with Crippen LogP contribution >= 0.6 is 11.8 Å². The zero-order valence-electron chi connectivity index (χ0n) is 13.4. The van der Waals surface area contributed by atoms with Crippen LogP contribution in [0.1, 0.15) is 10.8 Å². The topological polar surface area (TPSA) is 63.9 Å². The predicted molar refractivity (Wildman–Crippen MR) is 92.9 cm³/mol. The molecule has 1 heterocycles. The quantitative estimate of drug-likeness (QED) is 0.669. The number of carbonyl (C=O) groups excluding carboxylic acids is 1. The molecular weight excluding hydrogens is 322 g/mol. The summed E-state index contributed by atoms with van der Waals surface area (Å²) in [6.45, 7) is 0. The van der Waals surface area contributed by atoms with Crippen LogP contribution in [0.25, 0.3) is 5.69 Å². The maximum absolute atomic E-state index is 12.6. The zero-order chi connectivity index (χ0) is 16.9. The van der Waals surface area contributed by atoms with Crippen LogP contribution in [-0.2, 0) is 4.79 Å². The fraction of sp³-hybridized carbons (Fsp3) is 0.176. The molecule has 1 atom stereocenters. The van der Waals surface area contributed by atoms with Crippen LogP contribution in [0.2, 0.25) is 0 Å². The molecule has 7 heteroatoms. The van der Waals surface area contributed by atoms with Crippen molar-refractivity contribution < 1.29 is 4.79 Å². The van der Waals surface area contributed by atoms with E-state index in [2.05, 4.69) is 15.5 Å². The summed E-state index contributed by atoms with van der Waals surface area (Å²) in [6.07, 6.45) is 0. The summed E-state index contributed by atoms with van der Waals surface area (Å²) in [5, 5.41) is 12.1. The highest BCUT2D eigenvalue weighted by Gasteiger charge is 2.26. The van der Waals surface area contributed by atoms with Crippen molar-refractivity contribution in [2.45, 2.75) is 10.4 Å². The summed E-state index contributed by atoms with van der Waals surface area (Å²) in [5.41, 5.74) is 1.78. The molecule has 0 saturated heterocycles. The van der Waals surface area contributed by atoms with Gasteiger partial charge in [-0.25, -0.2) is 0 Å². The van der Waals surface area contributed by atoms with Crippen LogP contribution in [0.3, 0.4) is 0 Å². The number of rotatable bonds is 5. The first-order valence-electron chi connectivity index (χ1n) is 7.43. The minimum atomic E-state index is -0.408. The second-order valence-corrected chi connectivity index (χ2v) is 6.42. The van der Waals surface area contributed by atoms with Gasteiger partial charge in [0.1, 0.15) is 5.25 Å². The number of nitrogens with zero attached hydrogens (tertiary/aromatic N) is 5. The Hall–Kier alpha value is -2.67. The van der Waals surface area contributed by atoms with E-state index in [-0.39, 0.29) is 5.91 Å². The minimum Gasteiger partial charge on any atom is -0.348 e. The van der Waals surface area contributed by atoms with E-state index in [4.69, 9.17) is 0 Å². The van der Waals surface area contributed by atoms with Gasteiger partial charge >= 0.3 is 0 Å². The number of aromatic nitrogens is 4. The number of hydrogen-bond acceptors (Lipinski definition) is 5. The van der Waals surface area contributed by atoms with E-state index in [1.54, 1.807) is 23.7 Å². The van der Waals surface area contributed by atoms with E-state index >= 15 is 0 Å². The van der Waals surface area contributed by atoms with Gasteiger partial charge in [-0.2, -0.15) is 4.68 Å². The Morgan fingerprint density at radius 1 is 1.04 bits per heavy atom. The lowest BCUT2D eigenvalue weighted by Gasteiger charge is -2.20. The second-order valence-electron chi connectivity index (χ2n) is 5.35. The summed E-state index contributed by atoms with van der Waals surface area (Å²) >= 11 is 1.34. The van der Waals surface area contributed by atoms with Gasteiger partial charge < -0.3 is 4.90 Å². The van der Waals surface area contributed by atoms with Crippen molar-refractivity contribution in [2.75, 3.05) is 14.1 Å². The predicted octanol–water partition coefficient (Wildman–Crippen LogP) is 2.58. The number of para-hydroxylation sites is 1. The average molecular weight is 339 g/mol. The number of tetrazole rings is 1. The van der Waals surface area contributed by atoms with Gasteiger partial charge in [-0.15, -0.1) is 5.10 Å². The molecule has 0 bridgehead atoms. The summed E-state index contributed by atoms with van der Waals surface area (Å²) in [4.78, 5) is 14.2. The van der Waals surface area contributed by atoms with E-state index in [0.717, 1.165) is 11.3 Å². The molecule has 0 fully saturated rings. The molecule has 3 aromatic rings. The molecule has 24 heavy (non-hydrogen) atoms. The van der Waals surface area contributed by atoms with Gasteiger partial charge in [-0.05, 0) is 28.1 Å². The summed E-state index contributed by atoms with van der Waals surface area (Å²) in [7, 11) is 3.50. The molecule has 0 aliphatic carbocycles. The van der Waals surface area contributed by atoms with Crippen molar-refractivity contribution in [3.05, 3.63) is 66.2 Å². The molecule has 6 nitrogen and oxygen atoms in total. The van der Waals surface area contributed by atoms with Crippen LogP contribution in [0.4, 0.5) is 0 Å². The maximum atomic E-state index is 12.6. The molecule has 0 aliphatic rings. The monoisotopic (exact) mass is 339 g/mol. The van der Waals surface area contributed by atoms with Crippen molar-refractivity contribution in [2.24, 2.45) is 0 Å². The van der Waals surface area contributed by atoms with E-state index in [1.165, 1.54) is 11.8 Å². The molecule has 0 spiro atoms. The van der Waals surface area contributed by atoms with Gasteiger partial charge in [0.25, 0.3) is 0 Å². The van der Waals surface area contributed by atoms with Crippen molar-refractivity contribution in [3.63, 3.8) is 0 Å². The van der Waals surface area contributed by atoms with Gasteiger partial charge in [0.05, 0.1) is 5.69 Å². The lowest BCUT2D eigenvalue weighted by Crippen LogP contribution is -2.27. The maximum Gasteiger partial charge on any atom is 0.240 e. The zero-order valence-corrected chi connectivity index (χ0v) is 14.2. The van der Waals surface area contributed by atoms with Crippen LogP contribution in [0.5, 0.6) is 0 Å². The smallest absolute Gasteiger partial charge is 0.240 e. The third-order valence-corrected chi connectivity index (χ3v) is 4.61. The first kappa shape index (κ1) is 16.2. The largest absolute Gasteiger partial charge is 0.348 e. The van der Waals surface area contributed by atoms with E-state index < -0.39 is 5.25 Å². The standard InChI is InChI=1S/C17H17N5OS/c1-21(2)16(23)15(13-9-5-3-6-10-13)24-17-18-19-20-22(17)14-11-7-4-8-12-14/h3-12,15H,1-2H3.